The van der Waals surface area contributed by atoms with Gasteiger partial charge < -0.3 is 10.4 Å². The van der Waals surface area contributed by atoms with Crippen molar-refractivity contribution in [2.75, 3.05) is 13.1 Å². The highest BCUT2D eigenvalue weighted by Gasteiger charge is 2.23. The van der Waals surface area contributed by atoms with Crippen LogP contribution in [0.1, 0.15) is 50.4 Å². The molecule has 0 spiro atoms. The number of hydrogen-bond acceptors (Lipinski definition) is 4. The molecule has 140 valence electrons. The largest absolute Gasteiger partial charge is 0.480 e. The lowest BCUT2D eigenvalue weighted by molar-refractivity contribution is -0.139. The van der Waals surface area contributed by atoms with E-state index in [2.05, 4.69) is 5.32 Å². The number of nitrogens with one attached hydrogen (secondary N) is 1. The van der Waals surface area contributed by atoms with Gasteiger partial charge >= 0.3 is 5.97 Å². The molecule has 8 heteroatoms. The van der Waals surface area contributed by atoms with E-state index < -0.39 is 27.9 Å². The molecule has 0 aliphatic rings. The average molecular weight is 370 g/mol. The van der Waals surface area contributed by atoms with Gasteiger partial charge in [0.15, 0.2) is 0 Å². The highest BCUT2D eigenvalue weighted by atomic mass is 32.2. The van der Waals surface area contributed by atoms with Gasteiger partial charge in [-0.2, -0.15) is 4.31 Å². The van der Waals surface area contributed by atoms with Crippen LogP contribution in [0.3, 0.4) is 0 Å². The molecule has 2 N–H and O–H groups in total. The number of nitrogens with zero attached hydrogens (tertiary/aromatic N) is 1. The van der Waals surface area contributed by atoms with E-state index in [0.29, 0.717) is 25.9 Å². The zero-order valence-corrected chi connectivity index (χ0v) is 15.7. The Morgan fingerprint density at radius 2 is 1.68 bits per heavy atom. The van der Waals surface area contributed by atoms with Crippen molar-refractivity contribution in [2.45, 2.75) is 51.0 Å². The van der Waals surface area contributed by atoms with E-state index in [9.17, 15) is 18.0 Å². The van der Waals surface area contributed by atoms with Crippen LogP contribution in [0.4, 0.5) is 0 Å². The first kappa shape index (κ1) is 21.1. The van der Waals surface area contributed by atoms with Crippen LogP contribution < -0.4 is 5.32 Å². The molecule has 0 aromatic heterocycles. The van der Waals surface area contributed by atoms with Crippen molar-refractivity contribution in [3.63, 3.8) is 0 Å². The molecule has 25 heavy (non-hydrogen) atoms. The fourth-order valence-electron chi connectivity index (χ4n) is 2.40. The third-order valence-corrected chi connectivity index (χ3v) is 5.97. The molecule has 0 saturated heterocycles. The lowest BCUT2D eigenvalue weighted by atomic mass is 10.1. The summed E-state index contributed by atoms with van der Waals surface area (Å²) in [6.45, 7) is 6.17. The van der Waals surface area contributed by atoms with Crippen LogP contribution in [0.15, 0.2) is 29.2 Å². The van der Waals surface area contributed by atoms with Crippen molar-refractivity contribution in [1.29, 1.82) is 0 Å². The Labute approximate surface area is 149 Å². The molecule has 7 nitrogen and oxygen atoms in total. The van der Waals surface area contributed by atoms with Crippen molar-refractivity contribution >= 4 is 21.9 Å². The minimum Gasteiger partial charge on any atom is -0.480 e. The summed E-state index contributed by atoms with van der Waals surface area (Å²) >= 11 is 0. The lowest BCUT2D eigenvalue weighted by Gasteiger charge is -2.18. The number of hydrogen-bond donors (Lipinski definition) is 2. The summed E-state index contributed by atoms with van der Waals surface area (Å²) in [5.41, 5.74) is 0.223. The predicted molar refractivity (Wildman–Crippen MR) is 95.0 cm³/mol. The number of rotatable bonds is 10. The van der Waals surface area contributed by atoms with Crippen molar-refractivity contribution in [1.82, 2.24) is 9.62 Å². The quantitative estimate of drug-likeness (QED) is 0.656. The number of carbonyl (C=O) groups is 2. The predicted octanol–water partition coefficient (Wildman–Crippen LogP) is 2.09. The van der Waals surface area contributed by atoms with Gasteiger partial charge in [0.1, 0.15) is 6.04 Å². The molecule has 0 heterocycles. The van der Waals surface area contributed by atoms with Crippen LogP contribution in [-0.4, -0.2) is 48.8 Å². The number of aliphatic carboxylic acids is 1. The monoisotopic (exact) mass is 370 g/mol. The second-order valence-corrected chi connectivity index (χ2v) is 7.56. The number of carboxylic acid groups (broad SMARTS) is 1. The number of sulfonamides is 1. The molecule has 0 aliphatic heterocycles. The summed E-state index contributed by atoms with van der Waals surface area (Å²) in [5.74, 6) is -1.61. The Balaban J connectivity index is 2.91. The van der Waals surface area contributed by atoms with E-state index in [-0.39, 0.29) is 10.5 Å². The van der Waals surface area contributed by atoms with E-state index in [0.717, 1.165) is 6.42 Å². The Morgan fingerprint density at radius 1 is 1.12 bits per heavy atom. The molecule has 1 atom stereocenters. The second-order valence-electron chi connectivity index (χ2n) is 5.62. The molecule has 0 aliphatic carbocycles. The molecule has 0 unspecified atom stereocenters. The molecule has 0 bridgehead atoms. The minimum atomic E-state index is -3.58. The van der Waals surface area contributed by atoms with Gasteiger partial charge in [-0.3, -0.25) is 4.79 Å². The number of amides is 1. The zero-order valence-electron chi connectivity index (χ0n) is 14.9. The van der Waals surface area contributed by atoms with Crippen LogP contribution in [0.5, 0.6) is 0 Å². The lowest BCUT2D eigenvalue weighted by Crippen LogP contribution is -2.40. The summed E-state index contributed by atoms with van der Waals surface area (Å²) < 4.78 is 26.1. The third-order valence-electron chi connectivity index (χ3n) is 3.91. The zero-order chi connectivity index (χ0) is 19.0. The van der Waals surface area contributed by atoms with Gasteiger partial charge in [0.2, 0.25) is 10.0 Å². The van der Waals surface area contributed by atoms with Crippen LogP contribution in [0.25, 0.3) is 0 Å². The molecular formula is C17H26N2O5S. The number of carbonyl (C=O) groups excluding carboxylic acids is 1. The Morgan fingerprint density at radius 3 is 2.12 bits per heavy atom. The first-order valence-corrected chi connectivity index (χ1v) is 9.85. The molecule has 1 aromatic rings. The minimum absolute atomic E-state index is 0.105. The van der Waals surface area contributed by atoms with Crippen molar-refractivity contribution < 1.29 is 23.1 Å². The van der Waals surface area contributed by atoms with Gasteiger partial charge in [0, 0.05) is 18.7 Å². The molecule has 0 radical (unpaired) electrons. The van der Waals surface area contributed by atoms with Gasteiger partial charge in [0.05, 0.1) is 4.90 Å². The SMILES string of the molecule is CCCC[C@H](NC(=O)c1ccc(S(=O)(=O)N(CC)CC)cc1)C(=O)O. The molecular weight excluding hydrogens is 344 g/mol. The summed E-state index contributed by atoms with van der Waals surface area (Å²) in [7, 11) is -3.58. The van der Waals surface area contributed by atoms with Gasteiger partial charge in [0.25, 0.3) is 5.91 Å². The maximum absolute atomic E-state index is 12.4. The molecule has 1 rings (SSSR count). The number of unbranched alkanes of at least 4 members (excludes halogenated alkanes) is 1. The van der Waals surface area contributed by atoms with E-state index in [1.54, 1.807) is 13.8 Å². The summed E-state index contributed by atoms with van der Waals surface area (Å²) in [4.78, 5) is 23.5. The van der Waals surface area contributed by atoms with Crippen molar-refractivity contribution in [3.8, 4) is 0 Å². The number of benzene rings is 1. The highest BCUT2D eigenvalue weighted by molar-refractivity contribution is 7.89. The van der Waals surface area contributed by atoms with E-state index in [1.165, 1.54) is 28.6 Å². The van der Waals surface area contributed by atoms with Crippen molar-refractivity contribution in [3.05, 3.63) is 29.8 Å². The van der Waals surface area contributed by atoms with Crippen LogP contribution in [-0.2, 0) is 14.8 Å². The molecule has 0 fully saturated rings. The molecule has 0 saturated carbocycles. The fourth-order valence-corrected chi connectivity index (χ4v) is 3.86. The normalized spacial score (nSPS) is 12.8. The number of carboxylic acids is 1. The average Bonchev–Trinajstić information content (AvgIpc) is 2.59. The van der Waals surface area contributed by atoms with Gasteiger partial charge in [-0.05, 0) is 30.7 Å². The standard InChI is InChI=1S/C17H26N2O5S/c1-4-7-8-15(17(21)22)18-16(20)13-9-11-14(12-10-13)25(23,24)19(5-2)6-3/h9-12,15H,4-8H2,1-3H3,(H,18,20)(H,21,22)/t15-/m0/s1. The Bertz CT molecular complexity index is 681. The van der Waals surface area contributed by atoms with Crippen LogP contribution in [0, 0.1) is 0 Å². The van der Waals surface area contributed by atoms with Gasteiger partial charge in [-0.15, -0.1) is 0 Å². The smallest absolute Gasteiger partial charge is 0.326 e. The summed E-state index contributed by atoms with van der Waals surface area (Å²) in [6.07, 6.45) is 1.88. The summed E-state index contributed by atoms with van der Waals surface area (Å²) in [5, 5.41) is 11.6. The van der Waals surface area contributed by atoms with Crippen molar-refractivity contribution in [2.24, 2.45) is 0 Å². The highest BCUT2D eigenvalue weighted by Crippen LogP contribution is 2.16. The topological polar surface area (TPSA) is 104 Å². The summed E-state index contributed by atoms with van der Waals surface area (Å²) in [6, 6.07) is 4.57. The van der Waals surface area contributed by atoms with Crippen LogP contribution >= 0.6 is 0 Å². The fraction of sp³-hybridized carbons (Fsp3) is 0.529. The maximum atomic E-state index is 12.4. The van der Waals surface area contributed by atoms with Gasteiger partial charge in [-0.25, -0.2) is 13.2 Å². The van der Waals surface area contributed by atoms with E-state index in [1.807, 2.05) is 6.92 Å². The van der Waals surface area contributed by atoms with Crippen LogP contribution in [0.2, 0.25) is 0 Å². The molecule has 1 amide bonds. The molecule has 1 aromatic carbocycles. The third kappa shape index (κ3) is 5.54. The Hall–Kier alpha value is -1.93. The first-order valence-electron chi connectivity index (χ1n) is 8.41. The maximum Gasteiger partial charge on any atom is 0.326 e. The van der Waals surface area contributed by atoms with E-state index in [4.69, 9.17) is 5.11 Å². The second kappa shape index (κ2) is 9.53. The Kier molecular flexibility index (Phi) is 8.05. The van der Waals surface area contributed by atoms with Gasteiger partial charge in [-0.1, -0.05) is 33.6 Å². The van der Waals surface area contributed by atoms with E-state index >= 15 is 0 Å². The first-order chi connectivity index (χ1) is 11.8.